The number of fused-ring (bicyclic) bond motifs is 1. The molecule has 1 aliphatic heterocycles. The molecule has 0 aliphatic carbocycles. The van der Waals surface area contributed by atoms with Gasteiger partial charge in [-0.2, -0.15) is 0 Å². The Morgan fingerprint density at radius 1 is 1.41 bits per heavy atom. The highest BCUT2D eigenvalue weighted by atomic mass is 35.5. The normalized spacial score (nSPS) is 18.8. The molecular formula is C17H20ClN3O. The Morgan fingerprint density at radius 2 is 2.23 bits per heavy atom. The predicted molar refractivity (Wildman–Crippen MR) is 88.9 cm³/mol. The van der Waals surface area contributed by atoms with E-state index >= 15 is 0 Å². The van der Waals surface area contributed by atoms with Crippen molar-refractivity contribution in [3.8, 4) is 0 Å². The number of hydrogen-bond acceptors (Lipinski definition) is 3. The number of nitrogens with zero attached hydrogens (tertiary/aromatic N) is 3. The summed E-state index contributed by atoms with van der Waals surface area (Å²) in [4.78, 5) is 20.7. The molecule has 0 spiro atoms. The van der Waals surface area contributed by atoms with Gasteiger partial charge in [-0.3, -0.25) is 14.7 Å². The van der Waals surface area contributed by atoms with Crippen LogP contribution in [0.15, 0.2) is 30.5 Å². The number of likely N-dealkylation sites (N-methyl/N-ethyl adjacent to an activating group) is 1. The van der Waals surface area contributed by atoms with Crippen molar-refractivity contribution in [2.75, 3.05) is 20.6 Å². The van der Waals surface area contributed by atoms with E-state index in [1.54, 1.807) is 11.1 Å². The van der Waals surface area contributed by atoms with Crippen LogP contribution in [0.4, 0.5) is 0 Å². The molecule has 0 N–H and O–H groups in total. The summed E-state index contributed by atoms with van der Waals surface area (Å²) >= 11 is 6.25. The predicted octanol–water partition coefficient (Wildman–Crippen LogP) is 2.94. The molecule has 116 valence electrons. The largest absolute Gasteiger partial charge is 0.347 e. The van der Waals surface area contributed by atoms with Gasteiger partial charge in [0.2, 0.25) is 5.91 Å². The third-order valence-electron chi connectivity index (χ3n) is 4.26. The van der Waals surface area contributed by atoms with Crippen molar-refractivity contribution in [3.63, 3.8) is 0 Å². The van der Waals surface area contributed by atoms with E-state index in [4.69, 9.17) is 11.6 Å². The number of carbonyl (C=O) groups excluding carboxylic acids is 1. The topological polar surface area (TPSA) is 36.4 Å². The van der Waals surface area contributed by atoms with Crippen molar-refractivity contribution < 1.29 is 4.79 Å². The second kappa shape index (κ2) is 6.23. The van der Waals surface area contributed by atoms with Crippen molar-refractivity contribution in [1.82, 2.24) is 14.8 Å². The summed E-state index contributed by atoms with van der Waals surface area (Å²) in [7, 11) is 3.64. The highest BCUT2D eigenvalue weighted by Gasteiger charge is 2.31. The Bertz CT molecular complexity index is 701. The van der Waals surface area contributed by atoms with Crippen LogP contribution in [0.2, 0.25) is 5.02 Å². The van der Waals surface area contributed by atoms with Gasteiger partial charge in [0.25, 0.3) is 0 Å². The van der Waals surface area contributed by atoms with Gasteiger partial charge in [-0.05, 0) is 43.1 Å². The van der Waals surface area contributed by atoms with Gasteiger partial charge in [0, 0.05) is 37.2 Å². The molecule has 1 atom stereocenters. The van der Waals surface area contributed by atoms with E-state index in [2.05, 4.69) is 9.88 Å². The summed E-state index contributed by atoms with van der Waals surface area (Å²) in [6.07, 6.45) is 3.77. The molecule has 4 nitrogen and oxygen atoms in total. The van der Waals surface area contributed by atoms with Crippen LogP contribution in [-0.2, 0) is 11.3 Å². The van der Waals surface area contributed by atoms with E-state index < -0.39 is 0 Å². The smallest absolute Gasteiger partial charge is 0.239 e. The molecule has 1 saturated heterocycles. The summed E-state index contributed by atoms with van der Waals surface area (Å²) in [6, 6.07) is 7.80. The third-order valence-corrected chi connectivity index (χ3v) is 4.59. The van der Waals surface area contributed by atoms with Crippen molar-refractivity contribution in [1.29, 1.82) is 0 Å². The molecule has 1 unspecified atom stereocenters. The van der Waals surface area contributed by atoms with Gasteiger partial charge in [-0.15, -0.1) is 0 Å². The molecule has 3 rings (SSSR count). The Hall–Kier alpha value is -1.65. The fourth-order valence-corrected chi connectivity index (χ4v) is 3.35. The number of pyridine rings is 1. The molecule has 1 fully saturated rings. The number of aromatic nitrogens is 1. The van der Waals surface area contributed by atoms with Gasteiger partial charge in [0.15, 0.2) is 0 Å². The number of amides is 1. The molecule has 0 radical (unpaired) electrons. The van der Waals surface area contributed by atoms with Gasteiger partial charge in [-0.25, -0.2) is 0 Å². The van der Waals surface area contributed by atoms with E-state index in [0.29, 0.717) is 5.02 Å². The first-order chi connectivity index (χ1) is 10.6. The molecule has 0 bridgehead atoms. The average molecular weight is 318 g/mol. The molecule has 1 aromatic carbocycles. The molecule has 1 aromatic heterocycles. The average Bonchev–Trinajstić information content (AvgIpc) is 2.97. The number of hydrogen-bond donors (Lipinski definition) is 0. The maximum Gasteiger partial charge on any atom is 0.239 e. The lowest BCUT2D eigenvalue weighted by Gasteiger charge is -2.26. The molecule has 1 amide bonds. The fourth-order valence-electron chi connectivity index (χ4n) is 3.14. The van der Waals surface area contributed by atoms with Crippen molar-refractivity contribution >= 4 is 28.4 Å². The van der Waals surface area contributed by atoms with Gasteiger partial charge in [0.05, 0.1) is 11.6 Å². The van der Waals surface area contributed by atoms with Crippen LogP contribution in [0.25, 0.3) is 10.9 Å². The summed E-state index contributed by atoms with van der Waals surface area (Å²) in [5, 5.41) is 1.69. The van der Waals surface area contributed by atoms with Gasteiger partial charge in [-0.1, -0.05) is 17.7 Å². The molecule has 22 heavy (non-hydrogen) atoms. The summed E-state index contributed by atoms with van der Waals surface area (Å²) in [5.74, 6) is 0.184. The number of benzene rings is 1. The molecule has 2 aromatic rings. The zero-order valence-corrected chi connectivity index (χ0v) is 13.7. The van der Waals surface area contributed by atoms with E-state index in [9.17, 15) is 4.79 Å². The molecule has 1 aliphatic rings. The zero-order chi connectivity index (χ0) is 15.7. The fraction of sp³-hybridized carbons (Fsp3) is 0.412. The Labute approximate surface area is 135 Å². The minimum atomic E-state index is -0.0237. The van der Waals surface area contributed by atoms with Crippen LogP contribution >= 0.6 is 11.6 Å². The standard InChI is InChI=1S/C17H20ClN3O/c1-20(2)17(22)15-6-4-10-21(15)11-12-7-8-14(18)13-5-3-9-19-16(12)13/h3,5,7-9,15H,4,6,10-11H2,1-2H3. The Morgan fingerprint density at radius 3 is 3.00 bits per heavy atom. The lowest BCUT2D eigenvalue weighted by Crippen LogP contribution is -2.42. The highest BCUT2D eigenvalue weighted by molar-refractivity contribution is 6.35. The van der Waals surface area contributed by atoms with Crippen LogP contribution in [0, 0.1) is 0 Å². The van der Waals surface area contributed by atoms with Gasteiger partial charge < -0.3 is 4.90 Å². The first-order valence-corrected chi connectivity index (χ1v) is 7.93. The van der Waals surface area contributed by atoms with Crippen LogP contribution in [0.5, 0.6) is 0 Å². The van der Waals surface area contributed by atoms with Crippen LogP contribution < -0.4 is 0 Å². The van der Waals surface area contributed by atoms with Crippen molar-refractivity contribution in [2.45, 2.75) is 25.4 Å². The SMILES string of the molecule is CN(C)C(=O)C1CCCN1Cc1ccc(Cl)c2cccnc12. The van der Waals surface area contributed by atoms with E-state index in [0.717, 1.165) is 42.4 Å². The van der Waals surface area contributed by atoms with E-state index in [1.165, 1.54) is 0 Å². The molecule has 2 heterocycles. The zero-order valence-electron chi connectivity index (χ0n) is 12.9. The van der Waals surface area contributed by atoms with Crippen molar-refractivity contribution in [3.05, 3.63) is 41.0 Å². The first kappa shape index (κ1) is 15.3. The van der Waals surface area contributed by atoms with E-state index in [-0.39, 0.29) is 11.9 Å². The lowest BCUT2D eigenvalue weighted by atomic mass is 10.1. The number of likely N-dealkylation sites (tertiary alicyclic amines) is 1. The number of rotatable bonds is 3. The van der Waals surface area contributed by atoms with Crippen LogP contribution in [0.3, 0.4) is 0 Å². The number of halogens is 1. The highest BCUT2D eigenvalue weighted by Crippen LogP contribution is 2.28. The second-order valence-corrected chi connectivity index (χ2v) is 6.37. The maximum atomic E-state index is 12.3. The summed E-state index contributed by atoms with van der Waals surface area (Å²) in [6.45, 7) is 1.68. The van der Waals surface area contributed by atoms with Crippen LogP contribution in [0.1, 0.15) is 18.4 Å². The first-order valence-electron chi connectivity index (χ1n) is 7.55. The molecule has 5 heteroatoms. The maximum absolute atomic E-state index is 12.3. The minimum Gasteiger partial charge on any atom is -0.347 e. The monoisotopic (exact) mass is 317 g/mol. The quantitative estimate of drug-likeness (QED) is 0.873. The van der Waals surface area contributed by atoms with E-state index in [1.807, 2.05) is 38.4 Å². The third kappa shape index (κ3) is 2.81. The van der Waals surface area contributed by atoms with Gasteiger partial charge >= 0.3 is 0 Å². The van der Waals surface area contributed by atoms with Crippen LogP contribution in [-0.4, -0.2) is 47.4 Å². The lowest BCUT2D eigenvalue weighted by molar-refractivity contribution is -0.133. The Kier molecular flexibility index (Phi) is 4.32. The van der Waals surface area contributed by atoms with Crippen molar-refractivity contribution in [2.24, 2.45) is 0 Å². The second-order valence-electron chi connectivity index (χ2n) is 5.97. The molecular weight excluding hydrogens is 298 g/mol. The Balaban J connectivity index is 1.90. The summed E-state index contributed by atoms with van der Waals surface area (Å²) < 4.78 is 0. The minimum absolute atomic E-state index is 0.0237. The molecule has 0 saturated carbocycles. The number of carbonyl (C=O) groups is 1. The van der Waals surface area contributed by atoms with Gasteiger partial charge in [0.1, 0.15) is 0 Å². The summed E-state index contributed by atoms with van der Waals surface area (Å²) in [5.41, 5.74) is 2.05.